The van der Waals surface area contributed by atoms with Crippen molar-refractivity contribution in [2.45, 2.75) is 51.1 Å². The van der Waals surface area contributed by atoms with Gasteiger partial charge in [0.05, 0.1) is 0 Å². The van der Waals surface area contributed by atoms with E-state index < -0.39 is 0 Å². The van der Waals surface area contributed by atoms with Gasteiger partial charge in [0.1, 0.15) is 0 Å². The van der Waals surface area contributed by atoms with Crippen LogP contribution < -0.4 is 5.73 Å². The molecule has 2 atom stereocenters. The third kappa shape index (κ3) is 2.73. The fourth-order valence-corrected chi connectivity index (χ4v) is 2.94. The van der Waals surface area contributed by atoms with Crippen LogP contribution in [0.4, 0.5) is 0 Å². The fourth-order valence-electron chi connectivity index (χ4n) is 2.94. The predicted octanol–water partition coefficient (Wildman–Crippen LogP) is 2.22. The molecule has 1 aliphatic rings. The molecule has 0 radical (unpaired) electrons. The third-order valence-corrected chi connectivity index (χ3v) is 4.55. The van der Waals surface area contributed by atoms with Gasteiger partial charge >= 0.3 is 0 Å². The van der Waals surface area contributed by atoms with Crippen molar-refractivity contribution in [3.63, 3.8) is 0 Å². The molecule has 1 aromatic rings. The van der Waals surface area contributed by atoms with Crippen LogP contribution in [0.1, 0.15) is 38.7 Å². The number of pyridine rings is 1. The van der Waals surface area contributed by atoms with Crippen LogP contribution in [0.5, 0.6) is 0 Å². The number of nitrogens with two attached hydrogens (primary N) is 1. The van der Waals surface area contributed by atoms with Crippen LogP contribution in [0.3, 0.4) is 0 Å². The van der Waals surface area contributed by atoms with Crippen LogP contribution in [0.25, 0.3) is 0 Å². The van der Waals surface area contributed by atoms with E-state index in [-0.39, 0.29) is 11.6 Å². The molecule has 3 heteroatoms. The van der Waals surface area contributed by atoms with E-state index in [1.807, 2.05) is 12.4 Å². The lowest BCUT2D eigenvalue weighted by Crippen LogP contribution is -2.57. The van der Waals surface area contributed by atoms with Gasteiger partial charge in [-0.05, 0) is 63.4 Å². The minimum Gasteiger partial charge on any atom is -0.326 e. The normalized spacial score (nSPS) is 21.7. The van der Waals surface area contributed by atoms with Gasteiger partial charge < -0.3 is 5.73 Å². The molecule has 0 spiro atoms. The predicted molar refractivity (Wildman–Crippen MR) is 75.4 cm³/mol. The Bertz CT molecular complexity index is 359. The Morgan fingerprint density at radius 2 is 1.94 bits per heavy atom. The maximum Gasteiger partial charge on any atom is 0.0332 e. The van der Waals surface area contributed by atoms with Crippen molar-refractivity contribution in [2.75, 3.05) is 13.1 Å². The van der Waals surface area contributed by atoms with E-state index in [4.69, 9.17) is 5.73 Å². The molecule has 18 heavy (non-hydrogen) atoms. The molecule has 1 saturated heterocycles. The summed E-state index contributed by atoms with van der Waals surface area (Å²) in [5, 5.41) is 0. The Morgan fingerprint density at radius 3 is 2.50 bits per heavy atom. The van der Waals surface area contributed by atoms with Crippen molar-refractivity contribution >= 4 is 0 Å². The number of rotatable bonds is 5. The van der Waals surface area contributed by atoms with Gasteiger partial charge in [0.15, 0.2) is 0 Å². The molecule has 1 aliphatic heterocycles. The van der Waals surface area contributed by atoms with E-state index >= 15 is 0 Å². The maximum absolute atomic E-state index is 6.51. The first-order valence-electron chi connectivity index (χ1n) is 7.06. The smallest absolute Gasteiger partial charge is 0.0332 e. The average Bonchev–Trinajstić information content (AvgIpc) is 2.93. The van der Waals surface area contributed by atoms with Crippen LogP contribution in [0.15, 0.2) is 24.5 Å². The molecule has 1 fully saturated rings. The van der Waals surface area contributed by atoms with Crippen molar-refractivity contribution in [2.24, 2.45) is 5.73 Å². The molecule has 3 nitrogen and oxygen atoms in total. The first-order chi connectivity index (χ1) is 8.66. The van der Waals surface area contributed by atoms with Gasteiger partial charge in [0.25, 0.3) is 0 Å². The average molecular weight is 247 g/mol. The van der Waals surface area contributed by atoms with Gasteiger partial charge in [0.2, 0.25) is 0 Å². The Morgan fingerprint density at radius 1 is 1.33 bits per heavy atom. The molecule has 2 N–H and O–H groups in total. The first-order valence-corrected chi connectivity index (χ1v) is 7.06. The minimum absolute atomic E-state index is 0.125. The van der Waals surface area contributed by atoms with Crippen LogP contribution in [0, 0.1) is 0 Å². The fraction of sp³-hybridized carbons (Fsp3) is 0.667. The summed E-state index contributed by atoms with van der Waals surface area (Å²) in [6.07, 6.45) is 8.38. The summed E-state index contributed by atoms with van der Waals surface area (Å²) in [5.41, 5.74) is 7.93. The summed E-state index contributed by atoms with van der Waals surface area (Å²) in [7, 11) is 0. The van der Waals surface area contributed by atoms with Crippen molar-refractivity contribution < 1.29 is 0 Å². The monoisotopic (exact) mass is 247 g/mol. The van der Waals surface area contributed by atoms with Crippen molar-refractivity contribution in [1.29, 1.82) is 0 Å². The lowest BCUT2D eigenvalue weighted by Gasteiger charge is -2.43. The minimum atomic E-state index is 0.125. The van der Waals surface area contributed by atoms with Crippen LogP contribution >= 0.6 is 0 Å². The molecular formula is C15H25N3. The number of hydrogen-bond donors (Lipinski definition) is 1. The third-order valence-electron chi connectivity index (χ3n) is 4.55. The second-order valence-corrected chi connectivity index (χ2v) is 5.57. The standard InChI is InChI=1S/C15H25N3/c1-3-15(2,18-10-4-5-11-18)14(16)12-13-6-8-17-9-7-13/h6-9,14H,3-5,10-12,16H2,1-2H3. The summed E-state index contributed by atoms with van der Waals surface area (Å²) in [6, 6.07) is 4.32. The quantitative estimate of drug-likeness (QED) is 0.867. The van der Waals surface area contributed by atoms with E-state index in [0.717, 1.165) is 12.8 Å². The topological polar surface area (TPSA) is 42.1 Å². The van der Waals surface area contributed by atoms with Crippen molar-refractivity contribution in [1.82, 2.24) is 9.88 Å². The highest BCUT2D eigenvalue weighted by Crippen LogP contribution is 2.28. The van der Waals surface area contributed by atoms with Gasteiger partial charge in [-0.3, -0.25) is 9.88 Å². The molecule has 0 bridgehead atoms. The second-order valence-electron chi connectivity index (χ2n) is 5.57. The number of hydrogen-bond acceptors (Lipinski definition) is 3. The molecule has 1 aromatic heterocycles. The highest BCUT2D eigenvalue weighted by Gasteiger charge is 2.37. The van der Waals surface area contributed by atoms with E-state index in [1.165, 1.54) is 31.5 Å². The Kier molecular flexibility index (Phi) is 4.36. The van der Waals surface area contributed by atoms with E-state index in [1.54, 1.807) is 0 Å². The van der Waals surface area contributed by atoms with Crippen LogP contribution in [0.2, 0.25) is 0 Å². The van der Waals surface area contributed by atoms with E-state index in [2.05, 4.69) is 35.9 Å². The molecule has 0 aromatic carbocycles. The zero-order valence-electron chi connectivity index (χ0n) is 11.6. The van der Waals surface area contributed by atoms with Gasteiger partial charge in [0, 0.05) is 24.0 Å². The summed E-state index contributed by atoms with van der Waals surface area (Å²) in [4.78, 5) is 6.64. The van der Waals surface area contributed by atoms with Crippen molar-refractivity contribution in [3.8, 4) is 0 Å². The van der Waals surface area contributed by atoms with Gasteiger partial charge in [-0.1, -0.05) is 6.92 Å². The molecule has 100 valence electrons. The lowest BCUT2D eigenvalue weighted by atomic mass is 9.84. The van der Waals surface area contributed by atoms with Gasteiger partial charge in [-0.15, -0.1) is 0 Å². The largest absolute Gasteiger partial charge is 0.326 e. The highest BCUT2D eigenvalue weighted by molar-refractivity contribution is 5.13. The maximum atomic E-state index is 6.51. The first kappa shape index (κ1) is 13.5. The Balaban J connectivity index is 2.07. The molecule has 0 aliphatic carbocycles. The molecule has 0 amide bonds. The lowest BCUT2D eigenvalue weighted by molar-refractivity contribution is 0.0999. The molecule has 2 heterocycles. The van der Waals surface area contributed by atoms with E-state index in [0.29, 0.717) is 0 Å². The SMILES string of the molecule is CCC(C)(C(N)Cc1ccncc1)N1CCCC1. The van der Waals surface area contributed by atoms with Crippen LogP contribution in [-0.2, 0) is 6.42 Å². The van der Waals surface area contributed by atoms with Crippen LogP contribution in [-0.4, -0.2) is 34.6 Å². The number of likely N-dealkylation sites (tertiary alicyclic amines) is 1. The highest BCUT2D eigenvalue weighted by atomic mass is 15.2. The summed E-state index contributed by atoms with van der Waals surface area (Å²) >= 11 is 0. The summed E-state index contributed by atoms with van der Waals surface area (Å²) < 4.78 is 0. The summed E-state index contributed by atoms with van der Waals surface area (Å²) in [5.74, 6) is 0. The van der Waals surface area contributed by atoms with Gasteiger partial charge in [-0.2, -0.15) is 0 Å². The Labute approximate surface area is 110 Å². The second kappa shape index (κ2) is 5.81. The molecular weight excluding hydrogens is 222 g/mol. The van der Waals surface area contributed by atoms with Gasteiger partial charge in [-0.25, -0.2) is 0 Å². The Hall–Kier alpha value is -0.930. The molecule has 0 saturated carbocycles. The number of nitrogens with zero attached hydrogens (tertiary/aromatic N) is 2. The summed E-state index contributed by atoms with van der Waals surface area (Å²) in [6.45, 7) is 6.98. The zero-order valence-corrected chi connectivity index (χ0v) is 11.6. The number of aromatic nitrogens is 1. The zero-order chi connectivity index (χ0) is 13.0. The van der Waals surface area contributed by atoms with Crippen molar-refractivity contribution in [3.05, 3.63) is 30.1 Å². The van der Waals surface area contributed by atoms with E-state index in [9.17, 15) is 0 Å². The molecule has 2 unspecified atom stereocenters. The molecule has 2 rings (SSSR count).